The number of hydrogen-bond acceptors (Lipinski definition) is 5. The van der Waals surface area contributed by atoms with Crippen LogP contribution in [-0.4, -0.2) is 49.5 Å². The van der Waals surface area contributed by atoms with E-state index in [1.54, 1.807) is 24.8 Å². The van der Waals surface area contributed by atoms with E-state index in [2.05, 4.69) is 20.3 Å². The van der Waals surface area contributed by atoms with Gasteiger partial charge < -0.3 is 14.8 Å². The van der Waals surface area contributed by atoms with E-state index in [1.165, 1.54) is 0 Å². The Kier molecular flexibility index (Phi) is 3.38. The molecular weight excluding hydrogens is 292 g/mol. The lowest BCUT2D eigenvalue weighted by Crippen LogP contribution is -2.57. The summed E-state index contributed by atoms with van der Waals surface area (Å²) in [6.45, 7) is 1.66. The van der Waals surface area contributed by atoms with E-state index in [0.29, 0.717) is 25.6 Å². The van der Waals surface area contributed by atoms with Crippen LogP contribution < -0.4 is 5.32 Å². The lowest BCUT2D eigenvalue weighted by atomic mass is 10.1. The maximum atomic E-state index is 12.4. The monoisotopic (exact) mass is 308 g/mol. The number of fused-ring (bicyclic) bond motifs is 1. The molecule has 0 radical (unpaired) electrons. The third-order valence-corrected chi connectivity index (χ3v) is 3.97. The molecule has 1 aliphatic heterocycles. The van der Waals surface area contributed by atoms with E-state index in [1.807, 2.05) is 33.7 Å². The molecule has 1 aliphatic rings. The smallest absolute Gasteiger partial charge is 0.242 e. The fourth-order valence-corrected chi connectivity index (χ4v) is 2.71. The molecule has 1 saturated heterocycles. The summed E-state index contributed by atoms with van der Waals surface area (Å²) in [5.74, 6) is 0.699. The normalized spacial score (nSPS) is 14.7. The Labute approximate surface area is 133 Å². The fraction of sp³-hybridized carbons (Fsp3) is 0.250. The molecule has 0 bridgehead atoms. The first-order chi connectivity index (χ1) is 11.3. The van der Waals surface area contributed by atoms with Crippen LogP contribution >= 0.6 is 0 Å². The van der Waals surface area contributed by atoms with Crippen molar-refractivity contribution in [1.29, 1.82) is 0 Å². The molecule has 0 unspecified atom stereocenters. The number of amides is 1. The van der Waals surface area contributed by atoms with Crippen molar-refractivity contribution in [3.63, 3.8) is 0 Å². The van der Waals surface area contributed by atoms with Crippen molar-refractivity contribution in [3.05, 3.63) is 49.1 Å². The summed E-state index contributed by atoms with van der Waals surface area (Å²) < 4.78 is 1.89. The number of carbonyl (C=O) groups excluding carboxylic acids is 1. The van der Waals surface area contributed by atoms with Gasteiger partial charge in [-0.15, -0.1) is 0 Å². The highest BCUT2D eigenvalue weighted by atomic mass is 16.2. The molecule has 3 heterocycles. The number of aromatic nitrogens is 4. The van der Waals surface area contributed by atoms with Crippen molar-refractivity contribution in [2.24, 2.45) is 0 Å². The fourth-order valence-electron chi connectivity index (χ4n) is 2.71. The molecule has 2 aromatic heterocycles. The molecule has 7 nitrogen and oxygen atoms in total. The van der Waals surface area contributed by atoms with Crippen LogP contribution in [0.4, 0.5) is 5.95 Å². The number of rotatable bonds is 4. The van der Waals surface area contributed by atoms with Crippen LogP contribution in [0.1, 0.15) is 0 Å². The molecule has 1 N–H and O–H groups in total. The topological polar surface area (TPSA) is 75.9 Å². The van der Waals surface area contributed by atoms with Gasteiger partial charge in [-0.05, 0) is 18.2 Å². The average molecular weight is 308 g/mol. The lowest BCUT2D eigenvalue weighted by Gasteiger charge is -2.39. The zero-order chi connectivity index (χ0) is 15.6. The first kappa shape index (κ1) is 13.7. The van der Waals surface area contributed by atoms with Crippen LogP contribution in [-0.2, 0) is 11.3 Å². The van der Waals surface area contributed by atoms with Gasteiger partial charge >= 0.3 is 0 Å². The molecule has 1 amide bonds. The zero-order valence-electron chi connectivity index (χ0n) is 12.5. The van der Waals surface area contributed by atoms with Gasteiger partial charge in [0.2, 0.25) is 11.9 Å². The van der Waals surface area contributed by atoms with E-state index in [0.717, 1.165) is 11.0 Å². The summed E-state index contributed by atoms with van der Waals surface area (Å²) in [7, 11) is 0. The highest BCUT2D eigenvalue weighted by Gasteiger charge is 2.31. The molecule has 0 saturated carbocycles. The SMILES string of the molecule is O=C(Cn1cnc2ccccc21)N1CC(Nc2ncccn2)C1. The van der Waals surface area contributed by atoms with E-state index >= 15 is 0 Å². The minimum Gasteiger partial charge on any atom is -0.348 e. The Hall–Kier alpha value is -2.96. The number of para-hydroxylation sites is 2. The van der Waals surface area contributed by atoms with Crippen molar-refractivity contribution in [1.82, 2.24) is 24.4 Å². The van der Waals surface area contributed by atoms with Gasteiger partial charge in [0.05, 0.1) is 23.4 Å². The predicted molar refractivity (Wildman–Crippen MR) is 85.8 cm³/mol. The van der Waals surface area contributed by atoms with Gasteiger partial charge in [0.15, 0.2) is 0 Å². The third kappa shape index (κ3) is 2.73. The molecule has 0 spiro atoms. The number of likely N-dealkylation sites (tertiary alicyclic amines) is 1. The first-order valence-corrected chi connectivity index (χ1v) is 7.51. The van der Waals surface area contributed by atoms with Crippen LogP contribution in [0, 0.1) is 0 Å². The highest BCUT2D eigenvalue weighted by Crippen LogP contribution is 2.15. The Balaban J connectivity index is 1.35. The van der Waals surface area contributed by atoms with Crippen molar-refractivity contribution in [2.45, 2.75) is 12.6 Å². The van der Waals surface area contributed by atoms with Gasteiger partial charge in [-0.25, -0.2) is 15.0 Å². The molecule has 3 aromatic rings. The second kappa shape index (κ2) is 5.68. The van der Waals surface area contributed by atoms with Gasteiger partial charge in [-0.3, -0.25) is 4.79 Å². The summed E-state index contributed by atoms with van der Waals surface area (Å²) >= 11 is 0. The highest BCUT2D eigenvalue weighted by molar-refractivity contribution is 5.81. The van der Waals surface area contributed by atoms with Crippen LogP contribution in [0.5, 0.6) is 0 Å². The Morgan fingerprint density at radius 2 is 1.91 bits per heavy atom. The molecule has 7 heteroatoms. The molecule has 4 rings (SSSR count). The molecule has 0 aliphatic carbocycles. The zero-order valence-corrected chi connectivity index (χ0v) is 12.5. The van der Waals surface area contributed by atoms with E-state index in [4.69, 9.17) is 0 Å². The molecule has 1 fully saturated rings. The quantitative estimate of drug-likeness (QED) is 0.782. The Morgan fingerprint density at radius 3 is 2.74 bits per heavy atom. The lowest BCUT2D eigenvalue weighted by molar-refractivity contribution is -0.135. The van der Waals surface area contributed by atoms with Gasteiger partial charge in [0.25, 0.3) is 0 Å². The molecule has 116 valence electrons. The predicted octanol–water partition coefficient (Wildman–Crippen LogP) is 1.15. The Morgan fingerprint density at radius 1 is 1.13 bits per heavy atom. The van der Waals surface area contributed by atoms with Gasteiger partial charge in [-0.2, -0.15) is 0 Å². The van der Waals surface area contributed by atoms with Crippen molar-refractivity contribution >= 4 is 22.9 Å². The second-order valence-corrected chi connectivity index (χ2v) is 5.57. The Bertz CT molecular complexity index is 825. The maximum Gasteiger partial charge on any atom is 0.242 e. The van der Waals surface area contributed by atoms with Crippen molar-refractivity contribution < 1.29 is 4.79 Å². The van der Waals surface area contributed by atoms with Gasteiger partial charge in [0, 0.05) is 25.5 Å². The van der Waals surface area contributed by atoms with E-state index in [-0.39, 0.29) is 11.9 Å². The largest absolute Gasteiger partial charge is 0.348 e. The molecular formula is C16H16N6O. The number of anilines is 1. The summed E-state index contributed by atoms with van der Waals surface area (Å²) in [6.07, 6.45) is 5.11. The number of nitrogens with one attached hydrogen (secondary N) is 1. The summed E-state index contributed by atoms with van der Waals surface area (Å²) in [5.41, 5.74) is 1.89. The molecule has 23 heavy (non-hydrogen) atoms. The number of carbonyl (C=O) groups is 1. The first-order valence-electron chi connectivity index (χ1n) is 7.51. The molecule has 1 aromatic carbocycles. The summed E-state index contributed by atoms with van der Waals surface area (Å²) in [5, 5.41) is 3.22. The van der Waals surface area contributed by atoms with Crippen molar-refractivity contribution in [2.75, 3.05) is 18.4 Å². The van der Waals surface area contributed by atoms with Gasteiger partial charge in [-0.1, -0.05) is 12.1 Å². The number of hydrogen-bond donors (Lipinski definition) is 1. The van der Waals surface area contributed by atoms with Crippen LogP contribution in [0.25, 0.3) is 11.0 Å². The summed E-state index contributed by atoms with van der Waals surface area (Å²) in [4.78, 5) is 26.7. The average Bonchev–Trinajstić information content (AvgIpc) is 2.94. The molecule has 0 atom stereocenters. The third-order valence-electron chi connectivity index (χ3n) is 3.97. The standard InChI is InChI=1S/C16H16N6O/c23-15(10-22-11-19-13-4-1-2-5-14(13)22)21-8-12(9-21)20-16-17-6-3-7-18-16/h1-7,11-12H,8-10H2,(H,17,18,20). The van der Waals surface area contributed by atoms with Crippen LogP contribution in [0.15, 0.2) is 49.1 Å². The number of benzene rings is 1. The van der Waals surface area contributed by atoms with Crippen LogP contribution in [0.3, 0.4) is 0 Å². The van der Waals surface area contributed by atoms with E-state index < -0.39 is 0 Å². The van der Waals surface area contributed by atoms with Gasteiger partial charge in [0.1, 0.15) is 6.54 Å². The second-order valence-electron chi connectivity index (χ2n) is 5.57. The van der Waals surface area contributed by atoms with Crippen molar-refractivity contribution in [3.8, 4) is 0 Å². The number of imidazole rings is 1. The van der Waals surface area contributed by atoms with E-state index in [9.17, 15) is 4.79 Å². The minimum atomic E-state index is 0.0974. The minimum absolute atomic E-state index is 0.0974. The number of nitrogens with zero attached hydrogens (tertiary/aromatic N) is 5. The maximum absolute atomic E-state index is 12.4. The summed E-state index contributed by atoms with van der Waals surface area (Å²) in [6, 6.07) is 9.80. The van der Waals surface area contributed by atoms with Crippen LogP contribution in [0.2, 0.25) is 0 Å².